The van der Waals surface area contributed by atoms with E-state index >= 15 is 0 Å². The Labute approximate surface area is 93.4 Å². The highest BCUT2D eigenvalue weighted by Gasteiger charge is 2.32. The van der Waals surface area contributed by atoms with Crippen LogP contribution in [0.1, 0.15) is 24.4 Å². The second-order valence-electron chi connectivity index (χ2n) is 4.18. The maximum Gasteiger partial charge on any atom is 0.128 e. The van der Waals surface area contributed by atoms with E-state index in [4.69, 9.17) is 23.1 Å². The molecule has 15 heavy (non-hydrogen) atoms. The number of nitrogens with two attached hydrogens (primary N) is 2. The van der Waals surface area contributed by atoms with Gasteiger partial charge in [0.05, 0.1) is 0 Å². The molecule has 1 fully saturated rings. The zero-order valence-electron chi connectivity index (χ0n) is 8.29. The first-order valence-corrected chi connectivity index (χ1v) is 5.42. The molecule has 0 aliphatic heterocycles. The van der Waals surface area contributed by atoms with E-state index in [1.807, 2.05) is 0 Å². The van der Waals surface area contributed by atoms with E-state index in [2.05, 4.69) is 0 Å². The number of hydrogen-bond donors (Lipinski definition) is 2. The molecule has 1 aromatic rings. The molecule has 1 unspecified atom stereocenters. The highest BCUT2D eigenvalue weighted by molar-refractivity contribution is 6.30. The van der Waals surface area contributed by atoms with Gasteiger partial charge in [0.15, 0.2) is 0 Å². The van der Waals surface area contributed by atoms with E-state index in [1.165, 1.54) is 12.1 Å². The Hall–Kier alpha value is -0.640. The van der Waals surface area contributed by atoms with E-state index in [0.29, 0.717) is 10.6 Å². The fourth-order valence-corrected chi connectivity index (χ4v) is 2.21. The van der Waals surface area contributed by atoms with Crippen LogP contribution in [0.3, 0.4) is 0 Å². The van der Waals surface area contributed by atoms with Crippen molar-refractivity contribution in [3.63, 3.8) is 0 Å². The highest BCUT2D eigenvalue weighted by atomic mass is 35.5. The Kier molecular flexibility index (Phi) is 2.96. The van der Waals surface area contributed by atoms with E-state index in [-0.39, 0.29) is 23.8 Å². The molecule has 1 saturated carbocycles. The lowest BCUT2D eigenvalue weighted by atomic mass is 9.74. The van der Waals surface area contributed by atoms with Crippen LogP contribution in [0.5, 0.6) is 0 Å². The van der Waals surface area contributed by atoms with Crippen molar-refractivity contribution in [2.75, 3.05) is 0 Å². The van der Waals surface area contributed by atoms with Gasteiger partial charge in [0.2, 0.25) is 0 Å². The molecule has 0 saturated heterocycles. The second kappa shape index (κ2) is 4.08. The summed E-state index contributed by atoms with van der Waals surface area (Å²) in [6, 6.07) is 4.42. The van der Waals surface area contributed by atoms with Crippen molar-refractivity contribution in [1.29, 1.82) is 0 Å². The van der Waals surface area contributed by atoms with Crippen LogP contribution in [-0.4, -0.2) is 6.04 Å². The van der Waals surface area contributed by atoms with Gasteiger partial charge in [0.1, 0.15) is 5.82 Å². The Morgan fingerprint density at radius 2 is 2.07 bits per heavy atom. The molecular formula is C11H14ClFN2. The first kappa shape index (κ1) is 10.9. The van der Waals surface area contributed by atoms with Crippen LogP contribution in [0.15, 0.2) is 18.2 Å². The Morgan fingerprint density at radius 3 is 2.67 bits per heavy atom. The molecule has 1 aliphatic rings. The van der Waals surface area contributed by atoms with Gasteiger partial charge in [-0.2, -0.15) is 0 Å². The summed E-state index contributed by atoms with van der Waals surface area (Å²) in [5.74, 6) is 0.000313. The van der Waals surface area contributed by atoms with E-state index < -0.39 is 0 Å². The molecule has 1 aliphatic carbocycles. The number of halogens is 2. The third kappa shape index (κ3) is 2.14. The fraction of sp³-hybridized carbons (Fsp3) is 0.455. The third-order valence-electron chi connectivity index (χ3n) is 3.04. The minimum Gasteiger partial charge on any atom is -0.328 e. The summed E-state index contributed by atoms with van der Waals surface area (Å²) in [6.45, 7) is 0. The molecule has 0 amide bonds. The summed E-state index contributed by atoms with van der Waals surface area (Å²) in [7, 11) is 0. The van der Waals surface area contributed by atoms with Crippen molar-refractivity contribution in [2.45, 2.75) is 24.9 Å². The van der Waals surface area contributed by atoms with E-state index in [9.17, 15) is 4.39 Å². The third-order valence-corrected chi connectivity index (χ3v) is 3.27. The van der Waals surface area contributed by atoms with Crippen molar-refractivity contribution in [2.24, 2.45) is 17.4 Å². The van der Waals surface area contributed by atoms with Crippen molar-refractivity contribution < 1.29 is 4.39 Å². The summed E-state index contributed by atoms with van der Waals surface area (Å²) < 4.78 is 13.5. The van der Waals surface area contributed by atoms with Crippen LogP contribution < -0.4 is 11.5 Å². The summed E-state index contributed by atoms with van der Waals surface area (Å²) >= 11 is 5.81. The minimum atomic E-state index is -0.288. The van der Waals surface area contributed by atoms with Gasteiger partial charge in [0.25, 0.3) is 0 Å². The Bertz CT molecular complexity index is 364. The van der Waals surface area contributed by atoms with Crippen LogP contribution in [0.4, 0.5) is 4.39 Å². The first-order chi connectivity index (χ1) is 7.08. The quantitative estimate of drug-likeness (QED) is 0.816. The van der Waals surface area contributed by atoms with Crippen molar-refractivity contribution in [3.8, 4) is 0 Å². The van der Waals surface area contributed by atoms with Gasteiger partial charge < -0.3 is 11.5 Å². The molecule has 0 spiro atoms. The van der Waals surface area contributed by atoms with Gasteiger partial charge in [-0.1, -0.05) is 11.6 Å². The summed E-state index contributed by atoms with van der Waals surface area (Å²) in [4.78, 5) is 0. The van der Waals surface area contributed by atoms with Gasteiger partial charge in [-0.25, -0.2) is 4.39 Å². The van der Waals surface area contributed by atoms with Crippen molar-refractivity contribution in [3.05, 3.63) is 34.6 Å². The summed E-state index contributed by atoms with van der Waals surface area (Å²) in [5, 5.41) is 0.519. The van der Waals surface area contributed by atoms with Gasteiger partial charge >= 0.3 is 0 Å². The second-order valence-corrected chi connectivity index (χ2v) is 4.62. The van der Waals surface area contributed by atoms with Gasteiger partial charge in [0, 0.05) is 22.7 Å². The largest absolute Gasteiger partial charge is 0.328 e. The van der Waals surface area contributed by atoms with Crippen LogP contribution in [0, 0.1) is 11.7 Å². The molecule has 1 aromatic carbocycles. The molecule has 82 valence electrons. The zero-order valence-corrected chi connectivity index (χ0v) is 9.04. The average molecular weight is 229 g/mol. The predicted molar refractivity (Wildman–Crippen MR) is 59.0 cm³/mol. The lowest BCUT2D eigenvalue weighted by molar-refractivity contribution is 0.221. The zero-order chi connectivity index (χ0) is 11.0. The van der Waals surface area contributed by atoms with E-state index in [0.717, 1.165) is 12.8 Å². The molecule has 0 radical (unpaired) electrons. The van der Waals surface area contributed by atoms with Gasteiger partial charge in [-0.15, -0.1) is 0 Å². The van der Waals surface area contributed by atoms with Gasteiger partial charge in [-0.3, -0.25) is 0 Å². The normalized spacial score (nSPS) is 27.2. The molecule has 4 N–H and O–H groups in total. The monoisotopic (exact) mass is 228 g/mol. The maximum atomic E-state index is 13.5. The first-order valence-electron chi connectivity index (χ1n) is 5.04. The Balaban J connectivity index is 2.17. The molecule has 0 aromatic heterocycles. The van der Waals surface area contributed by atoms with Crippen molar-refractivity contribution >= 4 is 11.6 Å². The molecule has 1 atom stereocenters. The molecule has 0 heterocycles. The topological polar surface area (TPSA) is 52.0 Å². The lowest BCUT2D eigenvalue weighted by Gasteiger charge is -2.37. The SMILES string of the molecule is NC1CC(C(N)c2cc(Cl)ccc2F)C1. The standard InChI is InChI=1S/C11H14ClFN2/c12-7-1-2-10(13)9(5-7)11(15)6-3-8(14)4-6/h1-2,5-6,8,11H,3-4,14-15H2. The number of hydrogen-bond acceptors (Lipinski definition) is 2. The molecule has 0 bridgehead atoms. The van der Waals surface area contributed by atoms with Crippen LogP contribution in [-0.2, 0) is 0 Å². The lowest BCUT2D eigenvalue weighted by Crippen LogP contribution is -2.41. The molecule has 4 heteroatoms. The van der Waals surface area contributed by atoms with Crippen LogP contribution >= 0.6 is 11.6 Å². The predicted octanol–water partition coefficient (Wildman–Crippen LogP) is 2.22. The fourth-order valence-electron chi connectivity index (χ4n) is 2.03. The smallest absolute Gasteiger partial charge is 0.128 e. The van der Waals surface area contributed by atoms with Crippen molar-refractivity contribution in [1.82, 2.24) is 0 Å². The average Bonchev–Trinajstić information content (AvgIpc) is 2.16. The maximum absolute atomic E-state index is 13.5. The van der Waals surface area contributed by atoms with Crippen LogP contribution in [0.2, 0.25) is 5.02 Å². The molecule has 2 nitrogen and oxygen atoms in total. The number of benzene rings is 1. The summed E-state index contributed by atoms with van der Waals surface area (Å²) in [5.41, 5.74) is 12.2. The Morgan fingerprint density at radius 1 is 1.40 bits per heavy atom. The minimum absolute atomic E-state index is 0.225. The van der Waals surface area contributed by atoms with Crippen LogP contribution in [0.25, 0.3) is 0 Å². The molecular weight excluding hydrogens is 215 g/mol. The van der Waals surface area contributed by atoms with E-state index in [1.54, 1.807) is 6.07 Å². The number of rotatable bonds is 2. The molecule has 2 rings (SSSR count). The highest BCUT2D eigenvalue weighted by Crippen LogP contribution is 2.36. The van der Waals surface area contributed by atoms with Gasteiger partial charge in [-0.05, 0) is 37.0 Å². The summed E-state index contributed by atoms with van der Waals surface area (Å²) in [6.07, 6.45) is 1.74.